The molecule has 4 nitrogen and oxygen atoms in total. The number of aromatic hydroxyl groups is 1. The van der Waals surface area contributed by atoms with Gasteiger partial charge in [0.1, 0.15) is 11.8 Å². The first kappa shape index (κ1) is 10.4. The number of para-hydroxylation sites is 2. The molecule has 2 bridgehead atoms. The topological polar surface area (TPSA) is 60.8 Å². The van der Waals surface area contributed by atoms with Crippen LogP contribution in [0.5, 0.6) is 5.75 Å². The van der Waals surface area contributed by atoms with Crippen LogP contribution in [0, 0.1) is 11.8 Å². The van der Waals surface area contributed by atoms with Crippen LogP contribution in [0.1, 0.15) is 12.8 Å². The van der Waals surface area contributed by atoms with Gasteiger partial charge in [0.25, 0.3) is 0 Å². The molecule has 2 aliphatic heterocycles. The number of carboxylic acid groups (broad SMARTS) is 1. The molecule has 4 heteroatoms. The molecule has 0 amide bonds. The smallest absolute Gasteiger partial charge is 0.326 e. The molecule has 1 aromatic carbocycles. The fourth-order valence-electron chi connectivity index (χ4n) is 3.13. The highest BCUT2D eigenvalue weighted by atomic mass is 16.4. The van der Waals surface area contributed by atoms with Crippen LogP contribution in [0.2, 0.25) is 0 Å². The summed E-state index contributed by atoms with van der Waals surface area (Å²) in [5.74, 6) is 0.220. The lowest BCUT2D eigenvalue weighted by Gasteiger charge is -2.52. The molecule has 1 atom stereocenters. The van der Waals surface area contributed by atoms with Crippen LogP contribution in [-0.2, 0) is 4.79 Å². The van der Waals surface area contributed by atoms with Crippen molar-refractivity contribution >= 4 is 11.7 Å². The van der Waals surface area contributed by atoms with Crippen molar-refractivity contribution in [1.29, 1.82) is 0 Å². The number of piperidine rings is 2. The molecule has 2 N–H and O–H groups in total. The van der Waals surface area contributed by atoms with Crippen molar-refractivity contribution in [2.45, 2.75) is 18.9 Å². The molecule has 1 aliphatic carbocycles. The molecule has 1 saturated carbocycles. The number of anilines is 1. The summed E-state index contributed by atoms with van der Waals surface area (Å²) in [5.41, 5.74) is 0.648. The van der Waals surface area contributed by atoms with E-state index < -0.39 is 12.0 Å². The molecule has 1 aromatic rings. The number of hydrogen-bond acceptors (Lipinski definition) is 3. The van der Waals surface area contributed by atoms with E-state index in [2.05, 4.69) is 0 Å². The van der Waals surface area contributed by atoms with E-state index in [9.17, 15) is 15.0 Å². The minimum absolute atomic E-state index is 0.167. The molecular formula is C13H15NO3. The van der Waals surface area contributed by atoms with Crippen LogP contribution >= 0.6 is 0 Å². The fraction of sp³-hybridized carbons (Fsp3) is 0.462. The third-order valence-corrected chi connectivity index (χ3v) is 3.95. The summed E-state index contributed by atoms with van der Waals surface area (Å²) in [7, 11) is 0. The Balaban J connectivity index is 1.96. The Morgan fingerprint density at radius 2 is 2.00 bits per heavy atom. The van der Waals surface area contributed by atoms with Gasteiger partial charge in [0, 0.05) is 6.54 Å². The van der Waals surface area contributed by atoms with Gasteiger partial charge in [-0.15, -0.1) is 0 Å². The van der Waals surface area contributed by atoms with E-state index >= 15 is 0 Å². The maximum Gasteiger partial charge on any atom is 0.326 e. The number of phenolic OH excluding ortho intramolecular Hbond substituents is 1. The zero-order valence-corrected chi connectivity index (χ0v) is 9.41. The maximum atomic E-state index is 11.4. The highest BCUT2D eigenvalue weighted by Gasteiger charge is 2.48. The summed E-state index contributed by atoms with van der Waals surface area (Å²) in [6.45, 7) is 0.741. The van der Waals surface area contributed by atoms with Gasteiger partial charge in [-0.2, -0.15) is 0 Å². The number of carbonyl (C=O) groups is 1. The van der Waals surface area contributed by atoms with E-state index in [1.165, 1.54) is 0 Å². The van der Waals surface area contributed by atoms with Gasteiger partial charge in [-0.3, -0.25) is 0 Å². The van der Waals surface area contributed by atoms with Gasteiger partial charge in [-0.05, 0) is 36.8 Å². The van der Waals surface area contributed by atoms with Gasteiger partial charge in [0.2, 0.25) is 0 Å². The van der Waals surface area contributed by atoms with E-state index in [0.717, 1.165) is 19.4 Å². The van der Waals surface area contributed by atoms with Crippen LogP contribution in [-0.4, -0.2) is 28.8 Å². The van der Waals surface area contributed by atoms with E-state index in [1.54, 1.807) is 18.2 Å². The molecular weight excluding hydrogens is 218 g/mol. The predicted octanol–water partition coefficient (Wildman–Crippen LogP) is 1.69. The summed E-state index contributed by atoms with van der Waals surface area (Å²) in [5, 5.41) is 19.2. The third-order valence-electron chi connectivity index (χ3n) is 3.95. The van der Waals surface area contributed by atoms with Crippen molar-refractivity contribution in [3.8, 4) is 5.75 Å². The number of aliphatic carboxylic acids is 1. The molecule has 4 rings (SSSR count). The Labute approximate surface area is 99.5 Å². The summed E-state index contributed by atoms with van der Waals surface area (Å²) < 4.78 is 0. The lowest BCUT2D eigenvalue weighted by atomic mass is 9.66. The van der Waals surface area contributed by atoms with Crippen LogP contribution in [0.15, 0.2) is 24.3 Å². The second kappa shape index (κ2) is 3.65. The second-order valence-electron chi connectivity index (χ2n) is 5.02. The van der Waals surface area contributed by atoms with Crippen LogP contribution in [0.4, 0.5) is 5.69 Å². The molecule has 2 saturated heterocycles. The Morgan fingerprint density at radius 1 is 1.29 bits per heavy atom. The molecule has 0 spiro atoms. The Bertz CT molecular complexity index is 454. The minimum atomic E-state index is -0.781. The van der Waals surface area contributed by atoms with Crippen molar-refractivity contribution < 1.29 is 15.0 Å². The number of carboxylic acids is 1. The Hall–Kier alpha value is -1.71. The normalized spacial score (nSPS) is 30.8. The summed E-state index contributed by atoms with van der Waals surface area (Å²) >= 11 is 0. The molecule has 0 aromatic heterocycles. The minimum Gasteiger partial charge on any atom is -0.506 e. The number of fused-ring (bicyclic) bond motifs is 2. The van der Waals surface area contributed by atoms with Crippen molar-refractivity contribution in [1.82, 2.24) is 0 Å². The van der Waals surface area contributed by atoms with E-state index in [4.69, 9.17) is 0 Å². The average Bonchev–Trinajstić information content (AvgIpc) is 2.27. The van der Waals surface area contributed by atoms with Crippen molar-refractivity contribution in [3.63, 3.8) is 0 Å². The number of benzene rings is 1. The number of nitrogens with zero attached hydrogens (tertiary/aromatic N) is 1. The van der Waals surface area contributed by atoms with Crippen LogP contribution in [0.25, 0.3) is 0 Å². The standard InChI is InChI=1S/C13H15NO3/c15-11-4-2-1-3-10(11)14-7-8-5-9(6-8)12(14)13(16)17/h1-4,8-9,12,15H,5-7H2,(H,16,17). The SMILES string of the molecule is O=C(O)C1C2CC(C2)CN1c1ccccc1O. The molecule has 90 valence electrons. The molecule has 3 aliphatic rings. The number of phenols is 1. The maximum absolute atomic E-state index is 11.4. The van der Waals surface area contributed by atoms with E-state index in [1.807, 2.05) is 11.0 Å². The van der Waals surface area contributed by atoms with Gasteiger partial charge in [0.15, 0.2) is 0 Å². The lowest BCUT2D eigenvalue weighted by Crippen LogP contribution is -2.59. The monoisotopic (exact) mass is 233 g/mol. The first-order valence-electron chi connectivity index (χ1n) is 5.94. The van der Waals surface area contributed by atoms with Crippen LogP contribution < -0.4 is 4.90 Å². The lowest BCUT2D eigenvalue weighted by molar-refractivity contribution is -0.142. The van der Waals surface area contributed by atoms with Gasteiger partial charge in [-0.1, -0.05) is 12.1 Å². The van der Waals surface area contributed by atoms with Crippen LogP contribution in [0.3, 0.4) is 0 Å². The van der Waals surface area contributed by atoms with E-state index in [0.29, 0.717) is 11.6 Å². The zero-order valence-electron chi connectivity index (χ0n) is 9.41. The third kappa shape index (κ3) is 1.55. The van der Waals surface area contributed by atoms with Crippen molar-refractivity contribution in [2.75, 3.05) is 11.4 Å². The van der Waals surface area contributed by atoms with E-state index in [-0.39, 0.29) is 11.7 Å². The van der Waals surface area contributed by atoms with Crippen molar-refractivity contribution in [3.05, 3.63) is 24.3 Å². The van der Waals surface area contributed by atoms with Gasteiger partial charge >= 0.3 is 5.97 Å². The Morgan fingerprint density at radius 3 is 2.65 bits per heavy atom. The first-order valence-corrected chi connectivity index (χ1v) is 5.94. The molecule has 0 radical (unpaired) electrons. The summed E-state index contributed by atoms with van der Waals surface area (Å²) in [6, 6.07) is 6.49. The highest BCUT2D eigenvalue weighted by Crippen LogP contribution is 2.46. The average molecular weight is 233 g/mol. The van der Waals surface area contributed by atoms with Gasteiger partial charge in [-0.25, -0.2) is 4.79 Å². The first-order chi connectivity index (χ1) is 8.16. The molecule has 2 heterocycles. The summed E-state index contributed by atoms with van der Waals surface area (Å²) in [4.78, 5) is 13.2. The molecule has 17 heavy (non-hydrogen) atoms. The summed E-state index contributed by atoms with van der Waals surface area (Å²) in [6.07, 6.45) is 2.03. The van der Waals surface area contributed by atoms with Gasteiger partial charge in [0.05, 0.1) is 5.69 Å². The highest BCUT2D eigenvalue weighted by molar-refractivity contribution is 5.80. The van der Waals surface area contributed by atoms with Crippen molar-refractivity contribution in [2.24, 2.45) is 11.8 Å². The number of hydrogen-bond donors (Lipinski definition) is 2. The zero-order chi connectivity index (χ0) is 12.0. The number of rotatable bonds is 2. The fourth-order valence-corrected chi connectivity index (χ4v) is 3.13. The largest absolute Gasteiger partial charge is 0.506 e. The predicted molar refractivity (Wildman–Crippen MR) is 63.1 cm³/mol. The molecule has 1 unspecified atom stereocenters. The Kier molecular flexibility index (Phi) is 2.24. The molecule has 3 fully saturated rings. The van der Waals surface area contributed by atoms with Gasteiger partial charge < -0.3 is 15.1 Å². The quantitative estimate of drug-likeness (QED) is 0.816. The second-order valence-corrected chi connectivity index (χ2v) is 5.02.